The van der Waals surface area contributed by atoms with Crippen LogP contribution >= 0.6 is 0 Å². The second-order valence-corrected chi connectivity index (χ2v) is 6.24. The predicted molar refractivity (Wildman–Crippen MR) is 102 cm³/mol. The molecule has 3 heterocycles. The van der Waals surface area contributed by atoms with Crippen LogP contribution in [0.3, 0.4) is 0 Å². The van der Waals surface area contributed by atoms with E-state index in [1.54, 1.807) is 12.3 Å². The minimum Gasteiger partial charge on any atom is -0.472 e. The Hall–Kier alpha value is -3.48. The fourth-order valence-electron chi connectivity index (χ4n) is 2.95. The lowest BCUT2D eigenvalue weighted by Gasteiger charge is -2.17. The molecule has 1 fully saturated rings. The molecule has 7 heteroatoms. The van der Waals surface area contributed by atoms with E-state index in [0.717, 1.165) is 24.5 Å². The number of hydrogen-bond acceptors (Lipinski definition) is 6. The highest BCUT2D eigenvalue weighted by atomic mass is 16.5. The molecule has 1 amide bonds. The summed E-state index contributed by atoms with van der Waals surface area (Å²) in [6.07, 6.45) is 2.66. The van der Waals surface area contributed by atoms with Crippen molar-refractivity contribution >= 4 is 17.4 Å². The van der Waals surface area contributed by atoms with Crippen LogP contribution in [0.1, 0.15) is 16.9 Å². The highest BCUT2D eigenvalue weighted by Gasteiger charge is 2.25. The monoisotopic (exact) mass is 361 g/mol. The van der Waals surface area contributed by atoms with Crippen molar-refractivity contribution in [3.8, 4) is 5.88 Å². The number of anilines is 2. The molecule has 1 atom stereocenters. The van der Waals surface area contributed by atoms with Crippen LogP contribution in [0.15, 0.2) is 66.9 Å². The summed E-state index contributed by atoms with van der Waals surface area (Å²) < 4.78 is 5.89. The largest absolute Gasteiger partial charge is 0.472 e. The molecule has 7 nitrogen and oxygen atoms in total. The first kappa shape index (κ1) is 17.0. The van der Waals surface area contributed by atoms with Gasteiger partial charge in [-0.05, 0) is 30.3 Å². The maximum atomic E-state index is 12.2. The third-order valence-corrected chi connectivity index (χ3v) is 4.31. The van der Waals surface area contributed by atoms with Gasteiger partial charge in [0.1, 0.15) is 6.10 Å². The van der Waals surface area contributed by atoms with E-state index >= 15 is 0 Å². The van der Waals surface area contributed by atoms with E-state index in [9.17, 15) is 4.79 Å². The van der Waals surface area contributed by atoms with Gasteiger partial charge in [0.15, 0.2) is 11.5 Å². The lowest BCUT2D eigenvalue weighted by molar-refractivity contribution is 0.102. The first-order chi connectivity index (χ1) is 13.3. The molecule has 0 radical (unpaired) electrons. The number of benzene rings is 1. The topological polar surface area (TPSA) is 80.2 Å². The van der Waals surface area contributed by atoms with Crippen LogP contribution in [-0.4, -0.2) is 40.3 Å². The predicted octanol–water partition coefficient (Wildman–Crippen LogP) is 2.78. The zero-order valence-electron chi connectivity index (χ0n) is 14.7. The smallest absolute Gasteiger partial charge is 0.276 e. The molecule has 136 valence electrons. The molecule has 4 rings (SSSR count). The summed E-state index contributed by atoms with van der Waals surface area (Å²) in [5.74, 6) is 1.08. The maximum absolute atomic E-state index is 12.2. The average molecular weight is 361 g/mol. The molecule has 0 aliphatic carbocycles. The molecule has 27 heavy (non-hydrogen) atoms. The Kier molecular flexibility index (Phi) is 4.91. The normalized spacial score (nSPS) is 16.1. The van der Waals surface area contributed by atoms with Gasteiger partial charge >= 0.3 is 0 Å². The minimum absolute atomic E-state index is 0.0581. The number of para-hydroxylation sites is 1. The van der Waals surface area contributed by atoms with Crippen LogP contribution in [0.4, 0.5) is 11.5 Å². The van der Waals surface area contributed by atoms with Crippen LogP contribution in [0.25, 0.3) is 0 Å². The minimum atomic E-state index is -0.280. The molecule has 1 saturated heterocycles. The van der Waals surface area contributed by atoms with E-state index in [-0.39, 0.29) is 17.7 Å². The third kappa shape index (κ3) is 4.20. The molecule has 0 saturated carbocycles. The molecule has 2 aromatic heterocycles. The van der Waals surface area contributed by atoms with Crippen LogP contribution in [0.5, 0.6) is 5.88 Å². The van der Waals surface area contributed by atoms with Crippen LogP contribution in [-0.2, 0) is 0 Å². The van der Waals surface area contributed by atoms with E-state index in [1.807, 2.05) is 54.6 Å². The number of nitrogens with zero attached hydrogens (tertiary/aromatic N) is 4. The summed E-state index contributed by atoms with van der Waals surface area (Å²) in [5, 5.41) is 11.1. The van der Waals surface area contributed by atoms with E-state index < -0.39 is 0 Å². The molecule has 1 aromatic carbocycles. The van der Waals surface area contributed by atoms with Gasteiger partial charge < -0.3 is 15.0 Å². The van der Waals surface area contributed by atoms with Crippen molar-refractivity contribution in [3.63, 3.8) is 0 Å². The number of amides is 1. The Morgan fingerprint density at radius 2 is 1.89 bits per heavy atom. The van der Waals surface area contributed by atoms with E-state index in [4.69, 9.17) is 4.74 Å². The first-order valence-electron chi connectivity index (χ1n) is 8.81. The van der Waals surface area contributed by atoms with Crippen molar-refractivity contribution in [1.29, 1.82) is 0 Å². The Morgan fingerprint density at radius 1 is 1.04 bits per heavy atom. The zero-order valence-corrected chi connectivity index (χ0v) is 14.7. The van der Waals surface area contributed by atoms with Gasteiger partial charge in [-0.15, -0.1) is 10.2 Å². The molecular weight excluding hydrogens is 342 g/mol. The van der Waals surface area contributed by atoms with Gasteiger partial charge in [-0.2, -0.15) is 0 Å². The molecule has 0 bridgehead atoms. The van der Waals surface area contributed by atoms with Crippen molar-refractivity contribution in [2.24, 2.45) is 0 Å². The van der Waals surface area contributed by atoms with Crippen molar-refractivity contribution in [2.45, 2.75) is 12.5 Å². The van der Waals surface area contributed by atoms with E-state index in [0.29, 0.717) is 12.4 Å². The van der Waals surface area contributed by atoms with Crippen LogP contribution < -0.4 is 15.0 Å². The van der Waals surface area contributed by atoms with Crippen molar-refractivity contribution in [1.82, 2.24) is 15.2 Å². The summed E-state index contributed by atoms with van der Waals surface area (Å²) >= 11 is 0. The molecule has 1 unspecified atom stereocenters. The van der Waals surface area contributed by atoms with Gasteiger partial charge in [-0.3, -0.25) is 4.79 Å². The highest BCUT2D eigenvalue weighted by molar-refractivity contribution is 6.02. The van der Waals surface area contributed by atoms with E-state index in [1.165, 1.54) is 0 Å². The molecule has 1 N–H and O–H groups in total. The molecular formula is C20H19N5O2. The van der Waals surface area contributed by atoms with Crippen LogP contribution in [0.2, 0.25) is 0 Å². The Morgan fingerprint density at radius 3 is 2.63 bits per heavy atom. The summed E-state index contributed by atoms with van der Waals surface area (Å²) in [6, 6.07) is 18.4. The quantitative estimate of drug-likeness (QED) is 0.753. The fourth-order valence-corrected chi connectivity index (χ4v) is 2.95. The third-order valence-electron chi connectivity index (χ3n) is 4.31. The molecule has 0 spiro atoms. The number of hydrogen-bond donors (Lipinski definition) is 1. The average Bonchev–Trinajstić information content (AvgIpc) is 3.18. The standard InChI is InChI=1S/C20H19N5O2/c26-20(22-15-6-2-1-3-7-15)17-9-10-18(24-23-17)25-13-11-16(14-25)27-19-8-4-5-12-21-19/h1-10,12,16H,11,13-14H2,(H,22,26). The van der Waals surface area contributed by atoms with Gasteiger partial charge in [0.05, 0.1) is 6.54 Å². The summed E-state index contributed by atoms with van der Waals surface area (Å²) in [4.78, 5) is 18.5. The maximum Gasteiger partial charge on any atom is 0.276 e. The number of ether oxygens (including phenoxy) is 1. The second kappa shape index (κ2) is 7.82. The Labute approximate surface area is 157 Å². The highest BCUT2D eigenvalue weighted by Crippen LogP contribution is 2.21. The molecule has 3 aromatic rings. The van der Waals surface area contributed by atoms with Crippen LogP contribution in [0, 0.1) is 0 Å². The zero-order chi connectivity index (χ0) is 18.5. The van der Waals surface area contributed by atoms with Gasteiger partial charge in [0, 0.05) is 30.9 Å². The summed E-state index contributed by atoms with van der Waals surface area (Å²) in [5.41, 5.74) is 1.01. The molecule has 1 aliphatic rings. The summed E-state index contributed by atoms with van der Waals surface area (Å²) in [7, 11) is 0. The first-order valence-corrected chi connectivity index (χ1v) is 8.81. The number of rotatable bonds is 5. The Bertz CT molecular complexity index is 887. The number of carbonyl (C=O) groups excluding carboxylic acids is 1. The van der Waals surface area contributed by atoms with Gasteiger partial charge in [0.2, 0.25) is 5.88 Å². The Balaban J connectivity index is 1.36. The van der Waals surface area contributed by atoms with Gasteiger partial charge in [-0.25, -0.2) is 4.98 Å². The molecule has 1 aliphatic heterocycles. The van der Waals surface area contributed by atoms with E-state index in [2.05, 4.69) is 25.4 Å². The van der Waals surface area contributed by atoms with Crippen molar-refractivity contribution in [2.75, 3.05) is 23.3 Å². The SMILES string of the molecule is O=C(Nc1ccccc1)c1ccc(N2CCC(Oc3ccccn3)C2)nn1. The number of aromatic nitrogens is 3. The second-order valence-electron chi connectivity index (χ2n) is 6.24. The number of pyridine rings is 1. The number of nitrogens with one attached hydrogen (secondary N) is 1. The lowest BCUT2D eigenvalue weighted by atomic mass is 10.3. The fraction of sp³-hybridized carbons (Fsp3) is 0.200. The van der Waals surface area contributed by atoms with Gasteiger partial charge in [-0.1, -0.05) is 24.3 Å². The number of carbonyl (C=O) groups is 1. The van der Waals surface area contributed by atoms with Crippen molar-refractivity contribution in [3.05, 3.63) is 72.6 Å². The lowest BCUT2D eigenvalue weighted by Crippen LogP contribution is -2.26. The van der Waals surface area contributed by atoms with Crippen molar-refractivity contribution < 1.29 is 9.53 Å². The van der Waals surface area contributed by atoms with Gasteiger partial charge in [0.25, 0.3) is 5.91 Å². The summed E-state index contributed by atoms with van der Waals surface area (Å²) in [6.45, 7) is 1.53.